The standard InChI is InChI=1S/C5H5F3O2.Cu/c1-3(9)2-4(10)5(6,7)8;/h2,10H,1H3;. The zero-order chi connectivity index (χ0) is 8.36. The van der Waals surface area contributed by atoms with Crippen LogP contribution in [0.25, 0.3) is 0 Å². The Bertz CT molecular complexity index is 173. The summed E-state index contributed by atoms with van der Waals surface area (Å²) in [5, 5.41) is 8.07. The molecule has 0 fully saturated rings. The molecule has 0 saturated heterocycles. The number of ketones is 1. The van der Waals surface area contributed by atoms with Gasteiger partial charge in [0.25, 0.3) is 0 Å². The molecule has 2 nitrogen and oxygen atoms in total. The van der Waals surface area contributed by atoms with Gasteiger partial charge in [-0.3, -0.25) is 4.79 Å². The molecule has 0 amide bonds. The molecule has 0 atom stereocenters. The van der Waals surface area contributed by atoms with Crippen LogP contribution in [0, 0.1) is 0 Å². The van der Waals surface area contributed by atoms with E-state index in [-0.39, 0.29) is 23.1 Å². The van der Waals surface area contributed by atoms with Crippen LogP contribution in [0.2, 0.25) is 0 Å². The van der Waals surface area contributed by atoms with Crippen LogP contribution in [0.4, 0.5) is 13.2 Å². The molecule has 1 N–H and O–H groups in total. The number of allylic oxidation sites excluding steroid dienone is 2. The van der Waals surface area contributed by atoms with E-state index in [2.05, 4.69) is 0 Å². The molecular weight excluding hydrogens is 213 g/mol. The van der Waals surface area contributed by atoms with Crippen LogP contribution < -0.4 is 0 Å². The van der Waals surface area contributed by atoms with Crippen LogP contribution in [0.5, 0.6) is 0 Å². The van der Waals surface area contributed by atoms with Gasteiger partial charge in [0.2, 0.25) is 5.76 Å². The first-order valence-electron chi connectivity index (χ1n) is 2.32. The van der Waals surface area contributed by atoms with Crippen molar-refractivity contribution in [3.63, 3.8) is 0 Å². The van der Waals surface area contributed by atoms with Crippen LogP contribution in [0.3, 0.4) is 0 Å². The van der Waals surface area contributed by atoms with Crippen LogP contribution in [0.1, 0.15) is 6.92 Å². The molecule has 0 aromatic rings. The first-order valence-corrected chi connectivity index (χ1v) is 2.32. The molecule has 0 heterocycles. The maximum absolute atomic E-state index is 11.3. The second kappa shape index (κ2) is 4.41. The first-order chi connectivity index (χ1) is 4.34. The molecule has 0 aliphatic carbocycles. The van der Waals surface area contributed by atoms with Gasteiger partial charge < -0.3 is 5.11 Å². The van der Waals surface area contributed by atoms with Gasteiger partial charge in [0, 0.05) is 23.1 Å². The third-order valence-electron chi connectivity index (χ3n) is 0.630. The van der Waals surface area contributed by atoms with Crippen molar-refractivity contribution >= 4 is 5.78 Å². The van der Waals surface area contributed by atoms with Crippen molar-refractivity contribution in [2.24, 2.45) is 0 Å². The van der Waals surface area contributed by atoms with Gasteiger partial charge in [-0.1, -0.05) is 0 Å². The average molecular weight is 218 g/mol. The summed E-state index contributed by atoms with van der Waals surface area (Å²) in [6, 6.07) is 0. The van der Waals surface area contributed by atoms with Gasteiger partial charge in [-0.15, -0.1) is 0 Å². The SMILES string of the molecule is CC(=O)C=C(O)C(F)(F)F.[Cu]. The minimum Gasteiger partial charge on any atom is -0.504 e. The van der Waals surface area contributed by atoms with E-state index in [9.17, 15) is 18.0 Å². The number of aliphatic hydroxyl groups is 1. The van der Waals surface area contributed by atoms with Crippen molar-refractivity contribution in [1.82, 2.24) is 0 Å². The van der Waals surface area contributed by atoms with Crippen LogP contribution in [-0.2, 0) is 21.9 Å². The average Bonchev–Trinajstić information content (AvgIpc) is 1.60. The van der Waals surface area contributed by atoms with Gasteiger partial charge in [-0.05, 0) is 6.92 Å². The Hall–Kier alpha value is -0.481. The second-order valence-corrected chi connectivity index (χ2v) is 1.64. The Morgan fingerprint density at radius 3 is 1.91 bits per heavy atom. The molecule has 11 heavy (non-hydrogen) atoms. The van der Waals surface area contributed by atoms with E-state index in [4.69, 9.17) is 5.11 Å². The fourth-order valence-corrected chi connectivity index (χ4v) is 0.274. The van der Waals surface area contributed by atoms with E-state index in [1.54, 1.807) is 0 Å². The molecule has 0 aliphatic rings. The minimum absolute atomic E-state index is 0. The van der Waals surface area contributed by atoms with Crippen molar-refractivity contribution in [3.05, 3.63) is 11.8 Å². The molecule has 0 aromatic heterocycles. The minimum atomic E-state index is -4.81. The van der Waals surface area contributed by atoms with Crippen molar-refractivity contribution in [3.8, 4) is 0 Å². The number of hydrogen-bond acceptors (Lipinski definition) is 2. The molecule has 0 unspecified atom stereocenters. The molecule has 0 aromatic carbocycles. The first kappa shape index (κ1) is 13.1. The van der Waals surface area contributed by atoms with E-state index in [0.29, 0.717) is 0 Å². The Labute approximate surface area is 71.6 Å². The summed E-state index contributed by atoms with van der Waals surface area (Å²) in [6.45, 7) is 0.919. The molecular formula is C5H5CuF3O2. The van der Waals surface area contributed by atoms with Gasteiger partial charge in [-0.2, -0.15) is 13.2 Å². The molecule has 0 saturated carbocycles. The Morgan fingerprint density at radius 2 is 1.82 bits per heavy atom. The van der Waals surface area contributed by atoms with Crippen LogP contribution in [-0.4, -0.2) is 17.1 Å². The maximum atomic E-state index is 11.3. The third-order valence-corrected chi connectivity index (χ3v) is 0.630. The molecule has 6 heteroatoms. The summed E-state index contributed by atoms with van der Waals surface area (Å²) in [5.74, 6) is -2.70. The van der Waals surface area contributed by atoms with Crippen molar-refractivity contribution in [1.29, 1.82) is 0 Å². The zero-order valence-electron chi connectivity index (χ0n) is 5.37. The predicted molar refractivity (Wildman–Crippen MR) is 27.4 cm³/mol. The second-order valence-electron chi connectivity index (χ2n) is 1.64. The molecule has 0 spiro atoms. The fourth-order valence-electron chi connectivity index (χ4n) is 0.274. The van der Waals surface area contributed by atoms with Crippen molar-refractivity contribution < 1.29 is 40.1 Å². The molecule has 69 valence electrons. The van der Waals surface area contributed by atoms with Gasteiger partial charge in [-0.25, -0.2) is 0 Å². The Kier molecular flexibility index (Phi) is 5.26. The summed E-state index contributed by atoms with van der Waals surface area (Å²) in [5.41, 5.74) is 0. The van der Waals surface area contributed by atoms with E-state index in [1.807, 2.05) is 0 Å². The third kappa shape index (κ3) is 5.94. The predicted octanol–water partition coefficient (Wildman–Crippen LogP) is 1.58. The van der Waals surface area contributed by atoms with Crippen LogP contribution in [0.15, 0.2) is 11.8 Å². The molecule has 0 rings (SSSR count). The topological polar surface area (TPSA) is 37.3 Å². The largest absolute Gasteiger partial charge is 0.504 e. The maximum Gasteiger partial charge on any atom is 0.448 e. The summed E-state index contributed by atoms with van der Waals surface area (Å²) in [7, 11) is 0. The van der Waals surface area contributed by atoms with Gasteiger partial charge >= 0.3 is 6.18 Å². The zero-order valence-corrected chi connectivity index (χ0v) is 6.31. The molecule has 1 radical (unpaired) electrons. The quantitative estimate of drug-likeness (QED) is 0.411. The van der Waals surface area contributed by atoms with Gasteiger partial charge in [0.05, 0.1) is 0 Å². The summed E-state index contributed by atoms with van der Waals surface area (Å²) < 4.78 is 34.0. The monoisotopic (exact) mass is 217 g/mol. The van der Waals surface area contributed by atoms with Crippen molar-refractivity contribution in [2.45, 2.75) is 13.1 Å². The van der Waals surface area contributed by atoms with Crippen LogP contribution >= 0.6 is 0 Å². The number of halogens is 3. The molecule has 0 bridgehead atoms. The normalized spacial score (nSPS) is 12.2. The number of hydrogen-bond donors (Lipinski definition) is 1. The summed E-state index contributed by atoms with van der Waals surface area (Å²) in [4.78, 5) is 9.96. The molecule has 0 aliphatic heterocycles. The van der Waals surface area contributed by atoms with E-state index >= 15 is 0 Å². The Balaban J connectivity index is 0. The number of aliphatic hydroxyl groups excluding tert-OH is 1. The smallest absolute Gasteiger partial charge is 0.448 e. The summed E-state index contributed by atoms with van der Waals surface area (Å²) >= 11 is 0. The number of alkyl halides is 3. The fraction of sp³-hybridized carbons (Fsp3) is 0.400. The number of rotatable bonds is 1. The van der Waals surface area contributed by atoms with E-state index in [0.717, 1.165) is 6.92 Å². The summed E-state index contributed by atoms with van der Waals surface area (Å²) in [6.07, 6.45) is -4.69. The van der Waals surface area contributed by atoms with Gasteiger partial charge in [0.1, 0.15) is 0 Å². The number of carbonyl (C=O) groups is 1. The Morgan fingerprint density at radius 1 is 1.45 bits per heavy atom. The van der Waals surface area contributed by atoms with Crippen molar-refractivity contribution in [2.75, 3.05) is 0 Å². The van der Waals surface area contributed by atoms with E-state index in [1.165, 1.54) is 0 Å². The number of carbonyl (C=O) groups excluding carboxylic acids is 1. The van der Waals surface area contributed by atoms with Gasteiger partial charge in [0.15, 0.2) is 5.78 Å². The van der Waals surface area contributed by atoms with E-state index < -0.39 is 17.7 Å².